The van der Waals surface area contributed by atoms with E-state index in [1.807, 2.05) is 0 Å². The fourth-order valence-electron chi connectivity index (χ4n) is 3.02. The average molecular weight is 403 g/mol. The van der Waals surface area contributed by atoms with Crippen LogP contribution < -0.4 is 9.64 Å². The van der Waals surface area contributed by atoms with Crippen molar-refractivity contribution < 1.29 is 32.6 Å². The molecule has 8 heteroatoms. The predicted octanol–water partition coefficient (Wildman–Crippen LogP) is 3.84. The van der Waals surface area contributed by atoms with Crippen LogP contribution in [0.4, 0.5) is 14.5 Å². The Kier molecular flexibility index (Phi) is 6.21. The third-order valence-corrected chi connectivity index (χ3v) is 4.51. The number of esters is 1. The van der Waals surface area contributed by atoms with E-state index < -0.39 is 24.5 Å². The lowest BCUT2D eigenvalue weighted by Gasteiger charge is -2.16. The molecule has 0 unspecified atom stereocenters. The number of carbonyl (C=O) groups is 3. The van der Waals surface area contributed by atoms with Gasteiger partial charge in [-0.25, -0.2) is 4.79 Å². The van der Waals surface area contributed by atoms with Crippen LogP contribution in [0.3, 0.4) is 0 Å². The van der Waals surface area contributed by atoms with Crippen molar-refractivity contribution in [2.24, 2.45) is 0 Å². The molecule has 1 aliphatic rings. The van der Waals surface area contributed by atoms with Crippen molar-refractivity contribution in [1.82, 2.24) is 0 Å². The van der Waals surface area contributed by atoms with Gasteiger partial charge in [-0.05, 0) is 61.9 Å². The summed E-state index contributed by atoms with van der Waals surface area (Å²) in [6.45, 7) is -0.873. The Balaban J connectivity index is 1.60. The van der Waals surface area contributed by atoms with Crippen molar-refractivity contribution in [3.63, 3.8) is 0 Å². The number of nitrogens with zero attached hydrogens (tertiary/aromatic N) is 1. The largest absolute Gasteiger partial charge is 0.451 e. The number of hydrogen-bond donors (Lipinski definition) is 0. The van der Waals surface area contributed by atoms with Crippen molar-refractivity contribution in [2.45, 2.75) is 32.5 Å². The summed E-state index contributed by atoms with van der Waals surface area (Å²) < 4.78 is 33.8. The Morgan fingerprint density at radius 1 is 1.00 bits per heavy atom. The molecule has 1 heterocycles. The van der Waals surface area contributed by atoms with Crippen molar-refractivity contribution in [1.29, 1.82) is 0 Å². The van der Waals surface area contributed by atoms with E-state index in [2.05, 4.69) is 4.74 Å². The maximum Gasteiger partial charge on any atom is 0.387 e. The van der Waals surface area contributed by atoms with Crippen molar-refractivity contribution in [3.05, 3.63) is 59.7 Å². The molecule has 0 aliphatic carbocycles. The Labute approximate surface area is 166 Å². The molecule has 0 N–H and O–H groups in total. The van der Waals surface area contributed by atoms with Crippen molar-refractivity contribution in [2.75, 3.05) is 11.4 Å². The van der Waals surface area contributed by atoms with Gasteiger partial charge in [-0.1, -0.05) is 0 Å². The van der Waals surface area contributed by atoms with Gasteiger partial charge in [0.1, 0.15) is 5.75 Å². The zero-order valence-electron chi connectivity index (χ0n) is 15.6. The summed E-state index contributed by atoms with van der Waals surface area (Å²) >= 11 is 0. The van der Waals surface area contributed by atoms with E-state index in [1.54, 1.807) is 17.0 Å². The zero-order chi connectivity index (χ0) is 21.0. The lowest BCUT2D eigenvalue weighted by atomic mass is 10.1. The first kappa shape index (κ1) is 20.4. The molecule has 6 nitrogen and oxygen atoms in total. The van der Waals surface area contributed by atoms with E-state index >= 15 is 0 Å². The minimum Gasteiger partial charge on any atom is -0.451 e. The molecular formula is C21H19F2NO5. The smallest absolute Gasteiger partial charge is 0.387 e. The highest BCUT2D eigenvalue weighted by molar-refractivity contribution is 6.01. The van der Waals surface area contributed by atoms with Gasteiger partial charge >= 0.3 is 12.6 Å². The van der Waals surface area contributed by atoms with Gasteiger partial charge in [-0.3, -0.25) is 9.59 Å². The Morgan fingerprint density at radius 3 is 2.17 bits per heavy atom. The molecule has 1 atom stereocenters. The molecule has 0 aromatic heterocycles. The number of ether oxygens (including phenoxy) is 2. The molecule has 0 saturated carbocycles. The molecule has 1 amide bonds. The Hall–Kier alpha value is -3.29. The van der Waals surface area contributed by atoms with Gasteiger partial charge in [0.05, 0.1) is 5.56 Å². The van der Waals surface area contributed by atoms with Crippen LogP contribution in [0.25, 0.3) is 0 Å². The normalized spacial score (nSPS) is 14.8. The van der Waals surface area contributed by atoms with E-state index in [9.17, 15) is 23.2 Å². The quantitative estimate of drug-likeness (QED) is 0.519. The summed E-state index contributed by atoms with van der Waals surface area (Å²) in [5.41, 5.74) is 1.16. The number of rotatable bonds is 7. The number of carbonyl (C=O) groups excluding carboxylic acids is 3. The molecular weight excluding hydrogens is 384 g/mol. The highest BCUT2D eigenvalue weighted by atomic mass is 19.3. The monoisotopic (exact) mass is 403 g/mol. The first-order chi connectivity index (χ1) is 13.8. The highest BCUT2D eigenvalue weighted by Gasteiger charge is 2.23. The fourth-order valence-corrected chi connectivity index (χ4v) is 3.02. The molecule has 1 saturated heterocycles. The summed E-state index contributed by atoms with van der Waals surface area (Å²) in [5, 5.41) is 0. The molecule has 29 heavy (non-hydrogen) atoms. The van der Waals surface area contributed by atoms with Crippen LogP contribution in [-0.4, -0.2) is 36.9 Å². The van der Waals surface area contributed by atoms with Crippen molar-refractivity contribution in [3.8, 4) is 5.75 Å². The van der Waals surface area contributed by atoms with Gasteiger partial charge in [0, 0.05) is 24.2 Å². The van der Waals surface area contributed by atoms with Crippen LogP contribution in [0.15, 0.2) is 48.5 Å². The average Bonchev–Trinajstić information content (AvgIpc) is 3.13. The predicted molar refractivity (Wildman–Crippen MR) is 100 cm³/mol. The number of halogens is 2. The van der Waals surface area contributed by atoms with Gasteiger partial charge < -0.3 is 14.4 Å². The van der Waals surface area contributed by atoms with Gasteiger partial charge in [0.25, 0.3) is 0 Å². The molecule has 152 valence electrons. The number of alkyl halides is 2. The Morgan fingerprint density at radius 2 is 1.62 bits per heavy atom. The number of anilines is 1. The highest BCUT2D eigenvalue weighted by Crippen LogP contribution is 2.22. The molecule has 2 aromatic carbocycles. The van der Waals surface area contributed by atoms with Gasteiger partial charge in [0.2, 0.25) is 11.7 Å². The second-order valence-electron chi connectivity index (χ2n) is 6.51. The SMILES string of the molecule is C[C@@H](OC(=O)c1ccc(N2CCCC2=O)cc1)C(=O)c1ccc(OC(F)F)cc1. The molecule has 0 bridgehead atoms. The lowest BCUT2D eigenvalue weighted by Crippen LogP contribution is -2.25. The number of benzene rings is 2. The Bertz CT molecular complexity index is 896. The minimum atomic E-state index is -2.95. The second-order valence-corrected chi connectivity index (χ2v) is 6.51. The number of amides is 1. The van der Waals surface area contributed by atoms with E-state index in [4.69, 9.17) is 4.74 Å². The molecule has 0 spiro atoms. The van der Waals surface area contributed by atoms with Gasteiger partial charge in [-0.15, -0.1) is 0 Å². The van der Waals surface area contributed by atoms with Crippen LogP contribution in [0.5, 0.6) is 5.75 Å². The summed E-state index contributed by atoms with van der Waals surface area (Å²) in [5.74, 6) is -1.17. The first-order valence-corrected chi connectivity index (χ1v) is 9.05. The molecule has 1 aliphatic heterocycles. The minimum absolute atomic E-state index is 0.0458. The van der Waals surface area contributed by atoms with Gasteiger partial charge in [-0.2, -0.15) is 8.78 Å². The summed E-state index contributed by atoms with van der Waals surface area (Å²) in [6.07, 6.45) is 0.250. The van der Waals surface area contributed by atoms with Crippen LogP contribution in [0, 0.1) is 0 Å². The first-order valence-electron chi connectivity index (χ1n) is 9.05. The number of ketones is 1. The third-order valence-electron chi connectivity index (χ3n) is 4.51. The van der Waals surface area contributed by atoms with Crippen LogP contribution in [-0.2, 0) is 9.53 Å². The summed E-state index contributed by atoms with van der Waals surface area (Å²) in [4.78, 5) is 38.1. The fraction of sp³-hybridized carbons (Fsp3) is 0.286. The van der Waals surface area contributed by atoms with Gasteiger partial charge in [0.15, 0.2) is 6.10 Å². The van der Waals surface area contributed by atoms with Crippen LogP contribution in [0.1, 0.15) is 40.5 Å². The van der Waals surface area contributed by atoms with E-state index in [-0.39, 0.29) is 22.8 Å². The molecule has 0 radical (unpaired) electrons. The second kappa shape index (κ2) is 8.81. The maximum absolute atomic E-state index is 12.4. The zero-order valence-corrected chi connectivity index (χ0v) is 15.6. The summed E-state index contributed by atoms with van der Waals surface area (Å²) in [7, 11) is 0. The molecule has 3 rings (SSSR count). The molecule has 2 aromatic rings. The number of Topliss-reactive ketones (excluding diaryl/α,β-unsaturated/α-hetero) is 1. The molecule has 1 fully saturated rings. The van der Waals surface area contributed by atoms with Crippen molar-refractivity contribution >= 4 is 23.3 Å². The van der Waals surface area contributed by atoms with Crippen LogP contribution >= 0.6 is 0 Å². The number of hydrogen-bond acceptors (Lipinski definition) is 5. The topological polar surface area (TPSA) is 72.9 Å². The lowest BCUT2D eigenvalue weighted by molar-refractivity contribution is -0.117. The van der Waals surface area contributed by atoms with E-state index in [0.29, 0.717) is 18.7 Å². The van der Waals surface area contributed by atoms with E-state index in [0.717, 1.165) is 6.42 Å². The van der Waals surface area contributed by atoms with Crippen LogP contribution in [0.2, 0.25) is 0 Å². The third kappa shape index (κ3) is 4.96. The van der Waals surface area contributed by atoms with E-state index in [1.165, 1.54) is 43.3 Å². The maximum atomic E-state index is 12.4. The summed E-state index contributed by atoms with van der Waals surface area (Å²) in [6, 6.07) is 11.5. The standard InChI is InChI=1S/C21H19F2NO5/c1-13(19(26)14-6-10-17(11-7-14)29-21(22)23)28-20(27)15-4-8-16(9-5-15)24-12-2-3-18(24)25/h4-11,13,21H,2-3,12H2,1H3/t13-/m1/s1.